The number of carbonyl (C=O) groups excluding carboxylic acids is 1. The van der Waals surface area contributed by atoms with E-state index in [-0.39, 0.29) is 11.8 Å². The number of hydrogen-bond acceptors (Lipinski definition) is 4. The minimum Gasteiger partial charge on any atom is -0.354 e. The lowest BCUT2D eigenvalue weighted by atomic mass is 9.97. The normalized spacial score (nSPS) is 16.3. The van der Waals surface area contributed by atoms with Crippen molar-refractivity contribution in [2.75, 3.05) is 18.0 Å². The fourth-order valence-corrected chi connectivity index (χ4v) is 3.96. The van der Waals surface area contributed by atoms with Crippen LogP contribution in [-0.2, 0) is 11.3 Å². The Bertz CT molecular complexity index is 1000. The molecule has 1 unspecified atom stereocenters. The molecule has 0 aliphatic carbocycles. The monoisotopic (exact) mass is 420 g/mol. The summed E-state index contributed by atoms with van der Waals surface area (Å²) in [6.07, 6.45) is 1.85. The van der Waals surface area contributed by atoms with Gasteiger partial charge in [0.2, 0.25) is 5.91 Å². The average Bonchev–Trinajstić information content (AvgIpc) is 2.79. The molecule has 0 bridgehead atoms. The van der Waals surface area contributed by atoms with Gasteiger partial charge in [-0.3, -0.25) is 4.79 Å². The van der Waals surface area contributed by atoms with E-state index in [4.69, 9.17) is 11.6 Å². The molecule has 1 fully saturated rings. The first-order chi connectivity index (χ1) is 14.6. The summed E-state index contributed by atoms with van der Waals surface area (Å²) in [4.78, 5) is 14.8. The average molecular weight is 421 g/mol. The number of piperidine rings is 1. The fourth-order valence-electron chi connectivity index (χ4n) is 3.83. The van der Waals surface area contributed by atoms with E-state index in [0.717, 1.165) is 42.0 Å². The number of anilines is 1. The van der Waals surface area contributed by atoms with Gasteiger partial charge in [-0.2, -0.15) is 0 Å². The van der Waals surface area contributed by atoms with Gasteiger partial charge in [-0.15, -0.1) is 10.2 Å². The van der Waals surface area contributed by atoms with Gasteiger partial charge < -0.3 is 10.2 Å². The van der Waals surface area contributed by atoms with Crippen LogP contribution < -0.4 is 10.2 Å². The summed E-state index contributed by atoms with van der Waals surface area (Å²) in [6, 6.07) is 19.7. The van der Waals surface area contributed by atoms with Crippen molar-refractivity contribution in [1.82, 2.24) is 15.5 Å². The highest BCUT2D eigenvalue weighted by Crippen LogP contribution is 2.25. The second-order valence-corrected chi connectivity index (χ2v) is 8.16. The maximum Gasteiger partial charge on any atom is 0.225 e. The van der Waals surface area contributed by atoms with Gasteiger partial charge in [0.15, 0.2) is 5.82 Å². The second-order valence-electron chi connectivity index (χ2n) is 7.72. The number of benzene rings is 2. The number of amides is 1. The Morgan fingerprint density at radius 1 is 1.10 bits per heavy atom. The third-order valence-electron chi connectivity index (χ3n) is 5.57. The van der Waals surface area contributed by atoms with E-state index in [1.54, 1.807) is 0 Å². The molecule has 0 radical (unpaired) electrons. The van der Waals surface area contributed by atoms with E-state index in [9.17, 15) is 4.79 Å². The summed E-state index contributed by atoms with van der Waals surface area (Å²) >= 11 is 5.92. The first kappa shape index (κ1) is 20.4. The molecule has 154 valence electrons. The van der Waals surface area contributed by atoms with E-state index in [1.807, 2.05) is 48.5 Å². The molecular weight excluding hydrogens is 396 g/mol. The molecule has 1 aliphatic rings. The molecule has 0 spiro atoms. The summed E-state index contributed by atoms with van der Waals surface area (Å²) in [7, 11) is 0. The summed E-state index contributed by atoms with van der Waals surface area (Å²) in [6.45, 7) is 4.13. The smallest absolute Gasteiger partial charge is 0.225 e. The summed E-state index contributed by atoms with van der Waals surface area (Å²) in [5.41, 5.74) is 4.17. The topological polar surface area (TPSA) is 58.1 Å². The van der Waals surface area contributed by atoms with Crippen molar-refractivity contribution in [1.29, 1.82) is 0 Å². The predicted molar refractivity (Wildman–Crippen MR) is 120 cm³/mol. The highest BCUT2D eigenvalue weighted by molar-refractivity contribution is 6.30. The third kappa shape index (κ3) is 4.79. The number of nitrogens with zero attached hydrogens (tertiary/aromatic N) is 3. The van der Waals surface area contributed by atoms with Crippen molar-refractivity contribution in [3.8, 4) is 11.3 Å². The fraction of sp³-hybridized carbons (Fsp3) is 0.292. The van der Waals surface area contributed by atoms with Crippen LogP contribution in [0.15, 0.2) is 60.7 Å². The van der Waals surface area contributed by atoms with E-state index in [0.29, 0.717) is 18.1 Å². The number of halogens is 1. The largest absolute Gasteiger partial charge is 0.354 e. The SMILES string of the molecule is Cc1ccccc1-c1ccc(N2CCCC(C(=O)NCc3ccc(Cl)cc3)C2)nn1. The van der Waals surface area contributed by atoms with Crippen LogP contribution in [0.5, 0.6) is 0 Å². The van der Waals surface area contributed by atoms with Crippen molar-refractivity contribution >= 4 is 23.3 Å². The molecule has 1 saturated heterocycles. The van der Waals surface area contributed by atoms with Gasteiger partial charge in [0.1, 0.15) is 0 Å². The predicted octanol–water partition coefficient (Wildman–Crippen LogP) is 4.64. The molecular formula is C24H25ClN4O. The van der Waals surface area contributed by atoms with Gasteiger partial charge >= 0.3 is 0 Å². The zero-order valence-corrected chi connectivity index (χ0v) is 17.8. The lowest BCUT2D eigenvalue weighted by Gasteiger charge is -2.32. The van der Waals surface area contributed by atoms with Crippen molar-refractivity contribution in [2.24, 2.45) is 5.92 Å². The molecule has 1 aliphatic heterocycles. The molecule has 5 nitrogen and oxygen atoms in total. The number of aryl methyl sites for hydroxylation is 1. The molecule has 2 aromatic carbocycles. The van der Waals surface area contributed by atoms with E-state index in [2.05, 4.69) is 39.5 Å². The number of hydrogen-bond donors (Lipinski definition) is 1. The molecule has 6 heteroatoms. The van der Waals surface area contributed by atoms with E-state index in [1.165, 1.54) is 5.56 Å². The number of aromatic nitrogens is 2. The van der Waals surface area contributed by atoms with Gasteiger partial charge in [-0.25, -0.2) is 0 Å². The molecule has 2 heterocycles. The standard InChI is InChI=1S/C24H25ClN4O/c1-17-5-2-3-7-21(17)22-12-13-23(28-27-22)29-14-4-6-19(16-29)24(30)26-15-18-8-10-20(25)11-9-18/h2-3,5,7-13,19H,4,6,14-16H2,1H3,(H,26,30). The first-order valence-electron chi connectivity index (χ1n) is 10.3. The van der Waals surface area contributed by atoms with Crippen molar-refractivity contribution in [3.05, 3.63) is 76.8 Å². The van der Waals surface area contributed by atoms with Crippen LogP contribution in [0.1, 0.15) is 24.0 Å². The Balaban J connectivity index is 1.38. The lowest BCUT2D eigenvalue weighted by molar-refractivity contribution is -0.125. The summed E-state index contributed by atoms with van der Waals surface area (Å²) in [5, 5.41) is 12.6. The van der Waals surface area contributed by atoms with Gasteiger partial charge in [0, 0.05) is 30.2 Å². The molecule has 0 saturated carbocycles. The molecule has 3 aromatic rings. The Morgan fingerprint density at radius 2 is 1.90 bits per heavy atom. The molecule has 1 atom stereocenters. The highest BCUT2D eigenvalue weighted by Gasteiger charge is 2.26. The molecule has 30 heavy (non-hydrogen) atoms. The Labute approximate surface area is 182 Å². The van der Waals surface area contributed by atoms with E-state index >= 15 is 0 Å². The zero-order valence-electron chi connectivity index (χ0n) is 17.0. The van der Waals surface area contributed by atoms with Gasteiger partial charge in [0.05, 0.1) is 11.6 Å². The van der Waals surface area contributed by atoms with Crippen LogP contribution in [0, 0.1) is 12.8 Å². The number of rotatable bonds is 5. The quantitative estimate of drug-likeness (QED) is 0.653. The summed E-state index contributed by atoms with van der Waals surface area (Å²) < 4.78 is 0. The van der Waals surface area contributed by atoms with Gasteiger partial charge in [0.25, 0.3) is 0 Å². The Kier molecular flexibility index (Phi) is 6.29. The maximum absolute atomic E-state index is 12.7. The highest BCUT2D eigenvalue weighted by atomic mass is 35.5. The maximum atomic E-state index is 12.7. The van der Waals surface area contributed by atoms with Crippen molar-refractivity contribution < 1.29 is 4.79 Å². The second kappa shape index (κ2) is 9.26. The third-order valence-corrected chi connectivity index (χ3v) is 5.82. The molecule has 1 N–H and O–H groups in total. The van der Waals surface area contributed by atoms with Crippen LogP contribution in [0.3, 0.4) is 0 Å². The molecule has 1 aromatic heterocycles. The zero-order chi connectivity index (χ0) is 20.9. The first-order valence-corrected chi connectivity index (χ1v) is 10.6. The minimum absolute atomic E-state index is 0.0519. The van der Waals surface area contributed by atoms with Crippen molar-refractivity contribution in [2.45, 2.75) is 26.3 Å². The Morgan fingerprint density at radius 3 is 2.63 bits per heavy atom. The van der Waals surface area contributed by atoms with Gasteiger partial charge in [-0.05, 0) is 55.2 Å². The van der Waals surface area contributed by atoms with Gasteiger partial charge in [-0.1, -0.05) is 48.0 Å². The molecule has 4 rings (SSSR count). The van der Waals surface area contributed by atoms with Crippen LogP contribution in [0.2, 0.25) is 5.02 Å². The van der Waals surface area contributed by atoms with Crippen molar-refractivity contribution in [3.63, 3.8) is 0 Å². The number of nitrogens with one attached hydrogen (secondary N) is 1. The van der Waals surface area contributed by atoms with Crippen LogP contribution in [0.4, 0.5) is 5.82 Å². The molecule has 1 amide bonds. The number of carbonyl (C=O) groups is 1. The Hall–Kier alpha value is -2.92. The summed E-state index contributed by atoms with van der Waals surface area (Å²) in [5.74, 6) is 0.852. The van der Waals surface area contributed by atoms with Crippen LogP contribution in [-0.4, -0.2) is 29.2 Å². The van der Waals surface area contributed by atoms with Crippen LogP contribution in [0.25, 0.3) is 11.3 Å². The minimum atomic E-state index is -0.0519. The van der Waals surface area contributed by atoms with E-state index < -0.39 is 0 Å². The van der Waals surface area contributed by atoms with Crippen LogP contribution >= 0.6 is 11.6 Å². The lowest BCUT2D eigenvalue weighted by Crippen LogP contribution is -2.43.